The Kier molecular flexibility index (Phi) is 12.2. The van der Waals surface area contributed by atoms with E-state index in [0.717, 1.165) is 16.8 Å². The van der Waals surface area contributed by atoms with Crippen LogP contribution in [0.5, 0.6) is 0 Å². The topological polar surface area (TPSA) is 50.2 Å². The minimum atomic E-state index is -1.41. The molecule has 4 rings (SSSR count). The zero-order chi connectivity index (χ0) is 30.5. The molecule has 0 aliphatic rings. The summed E-state index contributed by atoms with van der Waals surface area (Å²) in [6.07, 6.45) is 1.31. The first-order valence-electron chi connectivity index (χ1n) is 14.6. The molecule has 0 atom stereocenters. The van der Waals surface area contributed by atoms with E-state index in [4.69, 9.17) is 4.98 Å². The normalized spacial score (nSPS) is 12.1. The van der Waals surface area contributed by atoms with Crippen molar-refractivity contribution in [2.75, 3.05) is 0 Å². The van der Waals surface area contributed by atoms with Crippen LogP contribution in [0.15, 0.2) is 84.6 Å². The van der Waals surface area contributed by atoms with E-state index in [9.17, 15) is 9.90 Å². The largest absolute Gasteiger partial charge is 0.512 e. The van der Waals surface area contributed by atoms with Gasteiger partial charge in [0, 0.05) is 43.4 Å². The summed E-state index contributed by atoms with van der Waals surface area (Å²) in [7, 11) is -1.41. The molecule has 0 saturated heterocycles. The van der Waals surface area contributed by atoms with Gasteiger partial charge in [-0.15, -0.1) is 35.4 Å². The first-order valence-corrected chi connectivity index (χ1v) is 18.1. The van der Waals surface area contributed by atoms with Gasteiger partial charge in [-0.25, -0.2) is 0 Å². The minimum absolute atomic E-state index is 0. The minimum Gasteiger partial charge on any atom is -0.512 e. The maximum atomic E-state index is 11.0. The van der Waals surface area contributed by atoms with Gasteiger partial charge in [-0.1, -0.05) is 122 Å². The maximum Gasteiger partial charge on any atom is 0.161 e. The van der Waals surface area contributed by atoms with Crippen molar-refractivity contribution in [3.63, 3.8) is 0 Å². The van der Waals surface area contributed by atoms with Gasteiger partial charge in [0.15, 0.2) is 5.78 Å². The summed E-state index contributed by atoms with van der Waals surface area (Å²) >= 11 is 0. The van der Waals surface area contributed by atoms with Crippen molar-refractivity contribution >= 4 is 29.9 Å². The van der Waals surface area contributed by atoms with Crippen molar-refractivity contribution in [2.45, 2.75) is 73.5 Å². The number of allylic oxidation sites excluding steroid dienone is 2. The van der Waals surface area contributed by atoms with Crippen molar-refractivity contribution in [1.82, 2.24) is 4.98 Å². The zero-order valence-corrected chi connectivity index (χ0v) is 30.2. The Morgan fingerprint density at radius 3 is 2.10 bits per heavy atom. The van der Waals surface area contributed by atoms with E-state index in [1.807, 2.05) is 33.8 Å². The number of hydrogen-bond donors (Lipinski definition) is 1. The van der Waals surface area contributed by atoms with Crippen molar-refractivity contribution in [1.29, 1.82) is 0 Å². The van der Waals surface area contributed by atoms with Gasteiger partial charge in [0.25, 0.3) is 0 Å². The number of carbonyl (C=O) groups is 1. The third-order valence-corrected chi connectivity index (χ3v) is 9.20. The van der Waals surface area contributed by atoms with Crippen LogP contribution < -0.4 is 5.19 Å². The average molecular weight is 757 g/mol. The number of hydrogen-bond acceptors (Lipinski definition) is 3. The molecule has 1 heterocycles. The van der Waals surface area contributed by atoms with E-state index in [0.29, 0.717) is 0 Å². The standard InChI is InChI=1S/C28H30NSi.C9H16O2.Ir/c1-28(2,3)22-14-10-13-21(17-22)27-19-24(20-11-8-7-9-12-20)25-18-23(30(4,5)6)15-16-26(25)29-27;1-6(2)8(10)5-9(11)7(3)4;/h7-12,14-19H,1-6H3;5-7,10H,1-4H3;/q-1;;/b;8-5-;. The maximum absolute atomic E-state index is 11.0. The first kappa shape index (κ1) is 35.3. The van der Waals surface area contributed by atoms with E-state index in [1.165, 1.54) is 33.3 Å². The third kappa shape index (κ3) is 9.32. The van der Waals surface area contributed by atoms with Crippen molar-refractivity contribution in [3.8, 4) is 22.4 Å². The van der Waals surface area contributed by atoms with Gasteiger partial charge in [0.2, 0.25) is 0 Å². The number of fused-ring (bicyclic) bond motifs is 1. The fourth-order valence-electron chi connectivity index (χ4n) is 4.25. The Morgan fingerprint density at radius 1 is 0.905 bits per heavy atom. The molecule has 3 aromatic carbocycles. The Hall–Kier alpha value is -2.85. The summed E-state index contributed by atoms with van der Waals surface area (Å²) in [5.74, 6) is 0.161. The molecule has 1 N–H and O–H groups in total. The van der Waals surface area contributed by atoms with Crippen LogP contribution in [0.4, 0.5) is 0 Å². The molecule has 1 aromatic heterocycles. The number of aromatic nitrogens is 1. The van der Waals surface area contributed by atoms with Crippen LogP contribution in [-0.4, -0.2) is 23.9 Å². The number of aliphatic hydroxyl groups excluding tert-OH is 1. The molecule has 1 radical (unpaired) electrons. The summed E-state index contributed by atoms with van der Waals surface area (Å²) < 4.78 is 0. The van der Waals surface area contributed by atoms with Gasteiger partial charge in [0.1, 0.15) is 0 Å². The molecule has 5 heteroatoms. The van der Waals surface area contributed by atoms with Crippen LogP contribution in [0.1, 0.15) is 54.0 Å². The summed E-state index contributed by atoms with van der Waals surface area (Å²) in [5.41, 5.74) is 6.94. The van der Waals surface area contributed by atoms with Gasteiger partial charge in [-0.2, -0.15) is 0 Å². The monoisotopic (exact) mass is 757 g/mol. The molecule has 0 saturated carbocycles. The summed E-state index contributed by atoms with van der Waals surface area (Å²) in [5, 5.41) is 11.9. The number of pyridine rings is 1. The van der Waals surface area contributed by atoms with E-state index in [1.54, 1.807) is 0 Å². The summed E-state index contributed by atoms with van der Waals surface area (Å²) in [6, 6.07) is 29.6. The molecule has 0 bridgehead atoms. The third-order valence-electron chi connectivity index (χ3n) is 7.15. The van der Waals surface area contributed by atoms with Crippen LogP contribution in [0.25, 0.3) is 33.3 Å². The number of carbonyl (C=O) groups excluding carboxylic acids is 1. The molecule has 0 unspecified atom stereocenters. The average Bonchev–Trinajstić information content (AvgIpc) is 2.92. The van der Waals surface area contributed by atoms with E-state index in [-0.39, 0.29) is 48.9 Å². The molecular formula is C37H46IrNO2Si-. The molecule has 42 heavy (non-hydrogen) atoms. The Bertz CT molecular complexity index is 1530. The molecule has 225 valence electrons. The summed E-state index contributed by atoms with van der Waals surface area (Å²) in [4.78, 5) is 16.1. The fourth-order valence-corrected chi connectivity index (χ4v) is 5.41. The van der Waals surface area contributed by atoms with Crippen molar-refractivity contribution in [2.24, 2.45) is 11.8 Å². The molecule has 4 aromatic rings. The summed E-state index contributed by atoms with van der Waals surface area (Å²) in [6.45, 7) is 21.2. The van der Waals surface area contributed by atoms with Gasteiger partial charge < -0.3 is 5.11 Å². The Morgan fingerprint density at radius 2 is 1.55 bits per heavy atom. The number of benzene rings is 3. The van der Waals surface area contributed by atoms with Crippen molar-refractivity contribution < 1.29 is 30.0 Å². The quantitative estimate of drug-likeness (QED) is 0.0924. The molecule has 0 amide bonds. The van der Waals surface area contributed by atoms with Gasteiger partial charge >= 0.3 is 0 Å². The fraction of sp³-hybridized carbons (Fsp3) is 0.351. The SMILES string of the molecule is CC(C)(C)c1cc[c-]c(-c2cc(-c3ccccc3)c3cc([Si](C)(C)C)ccc3n2)c1.CC(C)C(=O)/C=C(\O)C(C)C.[Ir]. The van der Waals surface area contributed by atoms with E-state index >= 15 is 0 Å². The first-order chi connectivity index (χ1) is 19.1. The molecule has 0 fully saturated rings. The second kappa shape index (κ2) is 14.6. The molecule has 3 nitrogen and oxygen atoms in total. The van der Waals surface area contributed by atoms with Gasteiger partial charge in [-0.05, 0) is 28.3 Å². The van der Waals surface area contributed by atoms with Gasteiger partial charge in [0.05, 0.1) is 19.3 Å². The Labute approximate surface area is 267 Å². The smallest absolute Gasteiger partial charge is 0.161 e. The number of nitrogens with zero attached hydrogens (tertiary/aromatic N) is 1. The van der Waals surface area contributed by atoms with Crippen LogP contribution in [0.2, 0.25) is 19.6 Å². The van der Waals surface area contributed by atoms with E-state index < -0.39 is 8.07 Å². The van der Waals surface area contributed by atoms with Crippen LogP contribution in [0.3, 0.4) is 0 Å². The number of ketones is 1. The van der Waals surface area contributed by atoms with Crippen molar-refractivity contribution in [3.05, 3.63) is 96.3 Å². The second-order valence-electron chi connectivity index (χ2n) is 13.4. The molecular weight excluding hydrogens is 711 g/mol. The zero-order valence-electron chi connectivity index (χ0n) is 26.8. The molecule has 0 aliphatic carbocycles. The van der Waals surface area contributed by atoms with Crippen LogP contribution in [0, 0.1) is 17.9 Å². The second-order valence-corrected chi connectivity index (χ2v) is 18.5. The predicted octanol–water partition coefficient (Wildman–Crippen LogP) is 9.52. The van der Waals surface area contributed by atoms with Gasteiger partial charge in [-0.3, -0.25) is 9.78 Å². The molecule has 0 aliphatic heterocycles. The van der Waals surface area contributed by atoms with Crippen LogP contribution >= 0.6 is 0 Å². The molecule has 0 spiro atoms. The predicted molar refractivity (Wildman–Crippen MR) is 179 cm³/mol. The number of rotatable bonds is 6. The van der Waals surface area contributed by atoms with E-state index in [2.05, 4.69) is 113 Å². The van der Waals surface area contributed by atoms with Crippen LogP contribution in [-0.2, 0) is 30.3 Å². The number of aliphatic hydroxyl groups is 1. The Balaban J connectivity index is 0.000000440.